The quantitative estimate of drug-likeness (QED) is 0.909. The summed E-state index contributed by atoms with van der Waals surface area (Å²) >= 11 is 0. The lowest BCUT2D eigenvalue weighted by molar-refractivity contribution is 0.174. The minimum Gasteiger partial charge on any atom is -0.454 e. The number of amides is 2. The van der Waals surface area contributed by atoms with Crippen LogP contribution in [0.3, 0.4) is 0 Å². The molecular weight excluding hydrogens is 270 g/mol. The number of carbonyl (C=O) groups is 1. The molecule has 0 saturated carbocycles. The van der Waals surface area contributed by atoms with E-state index in [4.69, 9.17) is 9.47 Å². The molecule has 0 fully saturated rings. The molecule has 1 aromatic carbocycles. The SMILES string of the molecule is C[C@H](NC(=O)Nc1cccnc1)c1ccc2c(c1)OCO2. The zero-order valence-corrected chi connectivity index (χ0v) is 11.5. The first-order valence-electron chi connectivity index (χ1n) is 6.59. The number of fused-ring (bicyclic) bond motifs is 1. The zero-order chi connectivity index (χ0) is 14.7. The summed E-state index contributed by atoms with van der Waals surface area (Å²) in [4.78, 5) is 15.9. The van der Waals surface area contributed by atoms with Gasteiger partial charge in [0.15, 0.2) is 11.5 Å². The van der Waals surface area contributed by atoms with Crippen molar-refractivity contribution >= 4 is 11.7 Å². The molecule has 2 heterocycles. The van der Waals surface area contributed by atoms with Gasteiger partial charge < -0.3 is 20.1 Å². The van der Waals surface area contributed by atoms with Crippen LogP contribution >= 0.6 is 0 Å². The fraction of sp³-hybridized carbons (Fsp3) is 0.200. The fourth-order valence-corrected chi connectivity index (χ4v) is 2.07. The van der Waals surface area contributed by atoms with Crippen LogP contribution in [0.25, 0.3) is 0 Å². The Morgan fingerprint density at radius 1 is 1.29 bits per heavy atom. The predicted molar refractivity (Wildman–Crippen MR) is 77.4 cm³/mol. The molecule has 0 saturated heterocycles. The number of nitrogens with zero attached hydrogens (tertiary/aromatic N) is 1. The van der Waals surface area contributed by atoms with E-state index in [1.807, 2.05) is 25.1 Å². The molecule has 1 aromatic heterocycles. The number of benzene rings is 1. The van der Waals surface area contributed by atoms with E-state index in [1.165, 1.54) is 0 Å². The second-order valence-corrected chi connectivity index (χ2v) is 4.67. The smallest absolute Gasteiger partial charge is 0.319 e. The molecule has 0 aliphatic carbocycles. The summed E-state index contributed by atoms with van der Waals surface area (Å²) in [6.07, 6.45) is 3.24. The largest absolute Gasteiger partial charge is 0.454 e. The van der Waals surface area contributed by atoms with Gasteiger partial charge in [0.25, 0.3) is 0 Å². The Morgan fingerprint density at radius 3 is 2.95 bits per heavy atom. The Bertz CT molecular complexity index is 646. The number of aromatic nitrogens is 1. The fourth-order valence-electron chi connectivity index (χ4n) is 2.07. The second-order valence-electron chi connectivity index (χ2n) is 4.67. The highest BCUT2D eigenvalue weighted by Gasteiger charge is 2.16. The van der Waals surface area contributed by atoms with E-state index in [-0.39, 0.29) is 18.9 Å². The summed E-state index contributed by atoms with van der Waals surface area (Å²) in [6, 6.07) is 8.72. The monoisotopic (exact) mass is 285 g/mol. The van der Waals surface area contributed by atoms with Gasteiger partial charge in [0.1, 0.15) is 0 Å². The van der Waals surface area contributed by atoms with Gasteiger partial charge in [-0.05, 0) is 36.8 Å². The minimum absolute atomic E-state index is 0.156. The van der Waals surface area contributed by atoms with Crippen molar-refractivity contribution in [2.45, 2.75) is 13.0 Å². The van der Waals surface area contributed by atoms with Gasteiger partial charge in [0, 0.05) is 6.20 Å². The number of ether oxygens (including phenoxy) is 2. The first-order valence-corrected chi connectivity index (χ1v) is 6.59. The molecule has 3 rings (SSSR count). The Labute approximate surface area is 122 Å². The summed E-state index contributed by atoms with van der Waals surface area (Å²) < 4.78 is 10.6. The van der Waals surface area contributed by atoms with Crippen molar-refractivity contribution in [2.75, 3.05) is 12.1 Å². The third-order valence-corrected chi connectivity index (χ3v) is 3.16. The molecule has 2 aromatic rings. The minimum atomic E-state index is -0.284. The molecule has 6 nitrogen and oxygen atoms in total. The Kier molecular flexibility index (Phi) is 3.59. The van der Waals surface area contributed by atoms with E-state index in [2.05, 4.69) is 15.6 Å². The van der Waals surface area contributed by atoms with Gasteiger partial charge in [-0.3, -0.25) is 4.98 Å². The molecule has 0 radical (unpaired) electrons. The van der Waals surface area contributed by atoms with Crippen LogP contribution in [0.5, 0.6) is 11.5 Å². The maximum atomic E-state index is 11.9. The molecule has 0 bridgehead atoms. The average molecular weight is 285 g/mol. The maximum absolute atomic E-state index is 11.9. The van der Waals surface area contributed by atoms with Gasteiger partial charge in [-0.1, -0.05) is 6.07 Å². The molecule has 1 aliphatic heterocycles. The standard InChI is InChI=1S/C15H15N3O3/c1-10(11-4-5-13-14(7-11)21-9-20-13)17-15(19)18-12-3-2-6-16-8-12/h2-8,10H,9H2,1H3,(H2,17,18,19)/t10-/m0/s1. The summed E-state index contributed by atoms with van der Waals surface area (Å²) in [5.41, 5.74) is 1.59. The number of nitrogens with one attached hydrogen (secondary N) is 2. The molecule has 1 aliphatic rings. The van der Waals surface area contributed by atoms with Crippen LogP contribution in [0.15, 0.2) is 42.7 Å². The Balaban J connectivity index is 1.63. The number of carbonyl (C=O) groups excluding carboxylic acids is 1. The number of hydrogen-bond donors (Lipinski definition) is 2. The first kappa shape index (κ1) is 13.2. The number of pyridine rings is 1. The summed E-state index contributed by atoms with van der Waals surface area (Å²) in [6.45, 7) is 2.14. The van der Waals surface area contributed by atoms with Crippen molar-refractivity contribution in [3.8, 4) is 11.5 Å². The molecule has 6 heteroatoms. The lowest BCUT2D eigenvalue weighted by Crippen LogP contribution is -2.31. The van der Waals surface area contributed by atoms with Gasteiger partial charge >= 0.3 is 6.03 Å². The van der Waals surface area contributed by atoms with Crippen molar-refractivity contribution in [2.24, 2.45) is 0 Å². The second kappa shape index (κ2) is 5.70. The lowest BCUT2D eigenvalue weighted by Gasteiger charge is -2.15. The molecule has 1 atom stereocenters. The van der Waals surface area contributed by atoms with Crippen molar-refractivity contribution in [1.29, 1.82) is 0 Å². The van der Waals surface area contributed by atoms with E-state index in [0.717, 1.165) is 11.3 Å². The van der Waals surface area contributed by atoms with Crippen LogP contribution < -0.4 is 20.1 Å². The van der Waals surface area contributed by atoms with Crippen LogP contribution in [-0.2, 0) is 0 Å². The number of anilines is 1. The van der Waals surface area contributed by atoms with Gasteiger partial charge in [0.2, 0.25) is 6.79 Å². The van der Waals surface area contributed by atoms with Crippen molar-refractivity contribution in [3.05, 3.63) is 48.3 Å². The summed E-state index contributed by atoms with van der Waals surface area (Å²) in [7, 11) is 0. The number of urea groups is 1. The Hall–Kier alpha value is -2.76. The van der Waals surface area contributed by atoms with E-state index in [1.54, 1.807) is 24.5 Å². The third-order valence-electron chi connectivity index (χ3n) is 3.16. The highest BCUT2D eigenvalue weighted by atomic mass is 16.7. The van der Waals surface area contributed by atoms with Crippen LogP contribution in [0.1, 0.15) is 18.5 Å². The average Bonchev–Trinajstić information content (AvgIpc) is 2.95. The normalized spacial score (nSPS) is 13.6. The highest BCUT2D eigenvalue weighted by Crippen LogP contribution is 2.34. The topological polar surface area (TPSA) is 72.5 Å². The molecule has 2 amide bonds. The van der Waals surface area contributed by atoms with Gasteiger partial charge in [-0.2, -0.15) is 0 Å². The van der Waals surface area contributed by atoms with E-state index >= 15 is 0 Å². The summed E-state index contributed by atoms with van der Waals surface area (Å²) in [5, 5.41) is 5.59. The van der Waals surface area contributed by atoms with Crippen LogP contribution in [0.4, 0.5) is 10.5 Å². The van der Waals surface area contributed by atoms with E-state index in [0.29, 0.717) is 11.4 Å². The van der Waals surface area contributed by atoms with Gasteiger partial charge in [-0.25, -0.2) is 4.79 Å². The van der Waals surface area contributed by atoms with Crippen molar-refractivity contribution in [3.63, 3.8) is 0 Å². The molecule has 2 N–H and O–H groups in total. The van der Waals surface area contributed by atoms with Gasteiger partial charge in [-0.15, -0.1) is 0 Å². The van der Waals surface area contributed by atoms with Crippen molar-refractivity contribution < 1.29 is 14.3 Å². The highest BCUT2D eigenvalue weighted by molar-refractivity contribution is 5.89. The molecular formula is C15H15N3O3. The summed E-state index contributed by atoms with van der Waals surface area (Å²) in [5.74, 6) is 1.43. The molecule has 0 spiro atoms. The van der Waals surface area contributed by atoms with Crippen LogP contribution in [0.2, 0.25) is 0 Å². The first-order chi connectivity index (χ1) is 10.2. The zero-order valence-electron chi connectivity index (χ0n) is 11.5. The molecule has 21 heavy (non-hydrogen) atoms. The van der Waals surface area contributed by atoms with E-state index < -0.39 is 0 Å². The third kappa shape index (κ3) is 3.05. The molecule has 0 unspecified atom stereocenters. The Morgan fingerprint density at radius 2 is 2.14 bits per heavy atom. The van der Waals surface area contributed by atoms with E-state index in [9.17, 15) is 4.79 Å². The van der Waals surface area contributed by atoms with Crippen LogP contribution in [0, 0.1) is 0 Å². The van der Waals surface area contributed by atoms with Crippen LogP contribution in [-0.4, -0.2) is 17.8 Å². The van der Waals surface area contributed by atoms with Gasteiger partial charge in [0.05, 0.1) is 17.9 Å². The maximum Gasteiger partial charge on any atom is 0.319 e. The number of rotatable bonds is 3. The lowest BCUT2D eigenvalue weighted by atomic mass is 10.1. The predicted octanol–water partition coefficient (Wildman–Crippen LogP) is 2.69. The molecule has 108 valence electrons. The number of hydrogen-bond acceptors (Lipinski definition) is 4. The van der Waals surface area contributed by atoms with Crippen molar-refractivity contribution in [1.82, 2.24) is 10.3 Å².